The highest BCUT2D eigenvalue weighted by atomic mass is 32.2. The summed E-state index contributed by atoms with van der Waals surface area (Å²) in [6, 6.07) is 16.8. The Morgan fingerprint density at radius 1 is 1.14 bits per heavy atom. The molecule has 0 aliphatic carbocycles. The SMILES string of the molecule is Cc1nc(NC(=O)c2ccc(OCc3ccccc3)cc2)sc1SCC(N)=O. The molecule has 6 nitrogen and oxygen atoms in total. The van der Waals surface area contributed by atoms with Crippen LogP contribution >= 0.6 is 23.1 Å². The van der Waals surface area contributed by atoms with Crippen molar-refractivity contribution in [2.45, 2.75) is 17.7 Å². The largest absolute Gasteiger partial charge is 0.489 e. The lowest BCUT2D eigenvalue weighted by Crippen LogP contribution is -2.12. The molecule has 0 saturated heterocycles. The molecule has 0 aliphatic rings. The molecule has 0 fully saturated rings. The highest BCUT2D eigenvalue weighted by Crippen LogP contribution is 2.32. The second kappa shape index (κ2) is 9.38. The van der Waals surface area contributed by atoms with Crippen LogP contribution in [0.1, 0.15) is 21.6 Å². The quantitative estimate of drug-likeness (QED) is 0.547. The van der Waals surface area contributed by atoms with Crippen molar-refractivity contribution in [3.05, 3.63) is 71.4 Å². The van der Waals surface area contributed by atoms with Gasteiger partial charge in [-0.15, -0.1) is 11.8 Å². The first kappa shape index (κ1) is 19.9. The zero-order valence-corrected chi connectivity index (χ0v) is 16.8. The van der Waals surface area contributed by atoms with Gasteiger partial charge in [0.1, 0.15) is 12.4 Å². The van der Waals surface area contributed by atoms with Gasteiger partial charge in [0.15, 0.2) is 5.13 Å². The molecule has 0 unspecified atom stereocenters. The number of amides is 2. The molecule has 3 aromatic rings. The summed E-state index contributed by atoms with van der Waals surface area (Å²) < 4.78 is 6.59. The number of aryl methyl sites for hydroxylation is 1. The van der Waals surface area contributed by atoms with Gasteiger partial charge in [-0.25, -0.2) is 4.98 Å². The minimum Gasteiger partial charge on any atom is -0.489 e. The van der Waals surface area contributed by atoms with E-state index >= 15 is 0 Å². The van der Waals surface area contributed by atoms with Gasteiger partial charge in [0.05, 0.1) is 15.7 Å². The predicted octanol–water partition coefficient (Wildman–Crippen LogP) is 3.86. The van der Waals surface area contributed by atoms with Gasteiger partial charge >= 0.3 is 0 Å². The molecule has 144 valence electrons. The maximum atomic E-state index is 12.4. The topological polar surface area (TPSA) is 94.3 Å². The van der Waals surface area contributed by atoms with Gasteiger partial charge in [0, 0.05) is 5.56 Å². The van der Waals surface area contributed by atoms with Crippen LogP contribution in [-0.4, -0.2) is 22.6 Å². The normalized spacial score (nSPS) is 10.5. The number of primary amides is 1. The smallest absolute Gasteiger partial charge is 0.257 e. The van der Waals surface area contributed by atoms with Crippen molar-refractivity contribution in [2.24, 2.45) is 5.73 Å². The Hall–Kier alpha value is -2.84. The zero-order chi connectivity index (χ0) is 19.9. The number of nitrogens with one attached hydrogen (secondary N) is 1. The summed E-state index contributed by atoms with van der Waals surface area (Å²) in [5.41, 5.74) is 7.51. The van der Waals surface area contributed by atoms with Crippen molar-refractivity contribution < 1.29 is 14.3 Å². The summed E-state index contributed by atoms with van der Waals surface area (Å²) in [6.45, 7) is 2.30. The number of benzene rings is 2. The number of anilines is 1. The second-order valence-corrected chi connectivity index (χ2v) is 8.14. The van der Waals surface area contributed by atoms with Crippen molar-refractivity contribution in [1.82, 2.24) is 4.98 Å². The van der Waals surface area contributed by atoms with Gasteiger partial charge in [0.2, 0.25) is 5.91 Å². The number of ether oxygens (including phenoxy) is 1. The lowest BCUT2D eigenvalue weighted by atomic mass is 10.2. The van der Waals surface area contributed by atoms with Crippen molar-refractivity contribution in [3.8, 4) is 5.75 Å². The summed E-state index contributed by atoms with van der Waals surface area (Å²) >= 11 is 2.64. The van der Waals surface area contributed by atoms with E-state index in [1.54, 1.807) is 24.3 Å². The number of hydrogen-bond donors (Lipinski definition) is 2. The van der Waals surface area contributed by atoms with E-state index in [0.717, 1.165) is 15.5 Å². The summed E-state index contributed by atoms with van der Waals surface area (Å²) in [7, 11) is 0. The van der Waals surface area contributed by atoms with E-state index in [-0.39, 0.29) is 11.7 Å². The Balaban J connectivity index is 1.57. The van der Waals surface area contributed by atoms with Crippen molar-refractivity contribution in [3.63, 3.8) is 0 Å². The molecular weight excluding hydrogens is 394 g/mol. The fraction of sp³-hybridized carbons (Fsp3) is 0.150. The molecule has 2 amide bonds. The molecule has 3 N–H and O–H groups in total. The average Bonchev–Trinajstić information content (AvgIpc) is 3.05. The number of carbonyl (C=O) groups excluding carboxylic acids is 2. The molecule has 0 radical (unpaired) electrons. The Labute approximate surface area is 171 Å². The van der Waals surface area contributed by atoms with Crippen LogP contribution in [-0.2, 0) is 11.4 Å². The van der Waals surface area contributed by atoms with Crippen LogP contribution in [0.2, 0.25) is 0 Å². The van der Waals surface area contributed by atoms with Crippen LogP contribution in [0.25, 0.3) is 0 Å². The highest BCUT2D eigenvalue weighted by Gasteiger charge is 2.13. The number of carbonyl (C=O) groups is 2. The number of rotatable bonds is 8. The maximum Gasteiger partial charge on any atom is 0.257 e. The molecule has 0 bridgehead atoms. The molecule has 0 spiro atoms. The number of thiazole rings is 1. The van der Waals surface area contributed by atoms with Gasteiger partial charge in [-0.05, 0) is 36.8 Å². The fourth-order valence-electron chi connectivity index (χ4n) is 2.32. The highest BCUT2D eigenvalue weighted by molar-refractivity contribution is 8.01. The van der Waals surface area contributed by atoms with Crippen LogP contribution in [0.15, 0.2) is 58.8 Å². The number of nitrogens with two attached hydrogens (primary N) is 1. The van der Waals surface area contributed by atoms with Gasteiger partial charge in [-0.2, -0.15) is 0 Å². The molecule has 8 heteroatoms. The summed E-state index contributed by atoms with van der Waals surface area (Å²) in [6.07, 6.45) is 0. The number of hydrogen-bond acceptors (Lipinski definition) is 6. The molecule has 0 aliphatic heterocycles. The Morgan fingerprint density at radius 3 is 2.54 bits per heavy atom. The van der Waals surface area contributed by atoms with E-state index in [1.807, 2.05) is 37.3 Å². The average molecular weight is 414 g/mol. The molecular formula is C20H19N3O3S2. The van der Waals surface area contributed by atoms with E-state index in [2.05, 4.69) is 10.3 Å². The fourth-order valence-corrected chi connectivity index (χ4v) is 4.19. The van der Waals surface area contributed by atoms with E-state index in [1.165, 1.54) is 23.1 Å². The maximum absolute atomic E-state index is 12.4. The van der Waals surface area contributed by atoms with Crippen LogP contribution in [0.3, 0.4) is 0 Å². The van der Waals surface area contributed by atoms with E-state index in [4.69, 9.17) is 10.5 Å². The van der Waals surface area contributed by atoms with Gasteiger partial charge in [0.25, 0.3) is 5.91 Å². The van der Waals surface area contributed by atoms with E-state index in [0.29, 0.717) is 23.1 Å². The lowest BCUT2D eigenvalue weighted by Gasteiger charge is -2.07. The molecule has 1 heterocycles. The first-order chi connectivity index (χ1) is 13.5. The van der Waals surface area contributed by atoms with Crippen LogP contribution in [0.5, 0.6) is 5.75 Å². The molecule has 2 aromatic carbocycles. The first-order valence-corrected chi connectivity index (χ1v) is 10.3. The third-order valence-electron chi connectivity index (χ3n) is 3.68. The summed E-state index contributed by atoms with van der Waals surface area (Å²) in [5, 5.41) is 3.27. The van der Waals surface area contributed by atoms with E-state index in [9.17, 15) is 9.59 Å². The molecule has 0 saturated carbocycles. The Kier molecular flexibility index (Phi) is 6.67. The molecule has 0 atom stereocenters. The van der Waals surface area contributed by atoms with Crippen LogP contribution in [0.4, 0.5) is 5.13 Å². The first-order valence-electron chi connectivity index (χ1n) is 8.48. The van der Waals surface area contributed by atoms with Crippen molar-refractivity contribution in [1.29, 1.82) is 0 Å². The number of nitrogens with zero attached hydrogens (tertiary/aromatic N) is 1. The third kappa shape index (κ3) is 5.58. The van der Waals surface area contributed by atoms with Gasteiger partial charge in [-0.3, -0.25) is 14.9 Å². The predicted molar refractivity (Wildman–Crippen MR) is 112 cm³/mol. The Bertz CT molecular complexity index is 957. The van der Waals surface area contributed by atoms with Crippen molar-refractivity contribution >= 4 is 40.0 Å². The third-order valence-corrected chi connectivity index (χ3v) is 6.14. The second-order valence-electron chi connectivity index (χ2n) is 5.90. The minimum atomic E-state index is -0.391. The van der Waals surface area contributed by atoms with Crippen molar-refractivity contribution in [2.75, 3.05) is 11.1 Å². The van der Waals surface area contributed by atoms with Gasteiger partial charge in [-0.1, -0.05) is 41.7 Å². The van der Waals surface area contributed by atoms with Gasteiger partial charge < -0.3 is 10.5 Å². The summed E-state index contributed by atoms with van der Waals surface area (Å²) in [4.78, 5) is 27.7. The lowest BCUT2D eigenvalue weighted by molar-refractivity contribution is -0.115. The number of thioether (sulfide) groups is 1. The summed E-state index contributed by atoms with van der Waals surface area (Å²) in [5.74, 6) is 0.226. The molecule has 28 heavy (non-hydrogen) atoms. The number of aromatic nitrogens is 1. The minimum absolute atomic E-state index is 0.181. The standard InChI is InChI=1S/C20H19N3O3S2/c1-13-19(27-12-17(21)24)28-20(22-13)23-18(25)15-7-9-16(10-8-15)26-11-14-5-3-2-4-6-14/h2-10H,11-12H2,1H3,(H2,21,24)(H,22,23,25). The molecule has 3 rings (SSSR count). The Morgan fingerprint density at radius 2 is 1.86 bits per heavy atom. The zero-order valence-electron chi connectivity index (χ0n) is 15.2. The monoisotopic (exact) mass is 413 g/mol. The molecule has 1 aromatic heterocycles. The van der Waals surface area contributed by atoms with E-state index < -0.39 is 5.91 Å². The van der Waals surface area contributed by atoms with Crippen LogP contribution < -0.4 is 15.8 Å². The van der Waals surface area contributed by atoms with Crippen LogP contribution in [0, 0.1) is 6.92 Å².